The first kappa shape index (κ1) is 14.2. The topological polar surface area (TPSA) is 51.0 Å². The Hall–Kier alpha value is -1.75. The molecule has 4 nitrogen and oxygen atoms in total. The molecule has 1 saturated heterocycles. The van der Waals surface area contributed by atoms with Crippen LogP contribution in [0, 0.1) is 18.7 Å². The first-order valence-electron chi connectivity index (χ1n) is 7.52. The number of nitrogens with one attached hydrogen (secondary N) is 1. The lowest BCUT2D eigenvalue weighted by Crippen LogP contribution is -2.27. The second kappa shape index (κ2) is 6.35. The molecule has 3 rings (SSSR count). The summed E-state index contributed by atoms with van der Waals surface area (Å²) >= 11 is 0. The largest absolute Gasteiger partial charge is 0.339 e. The van der Waals surface area contributed by atoms with Crippen LogP contribution < -0.4 is 5.32 Å². The molecular formula is C16H20FN3O. The van der Waals surface area contributed by atoms with Gasteiger partial charge in [-0.1, -0.05) is 5.16 Å². The SMILES string of the molecule is Cc1cc(F)ccc1-c1noc(CCC2CCNCC2)n1. The maximum atomic E-state index is 13.1. The van der Waals surface area contributed by atoms with Crippen LogP contribution in [0.25, 0.3) is 11.4 Å². The highest BCUT2D eigenvalue weighted by molar-refractivity contribution is 5.59. The third-order valence-corrected chi connectivity index (χ3v) is 4.12. The fourth-order valence-corrected chi connectivity index (χ4v) is 2.84. The zero-order valence-electron chi connectivity index (χ0n) is 12.2. The van der Waals surface area contributed by atoms with Crippen LogP contribution in [0.3, 0.4) is 0 Å². The van der Waals surface area contributed by atoms with Gasteiger partial charge in [-0.05, 0) is 69.0 Å². The molecule has 0 atom stereocenters. The van der Waals surface area contributed by atoms with E-state index in [4.69, 9.17) is 4.52 Å². The molecule has 0 radical (unpaired) electrons. The molecule has 112 valence electrons. The first-order chi connectivity index (χ1) is 10.2. The van der Waals surface area contributed by atoms with Crippen LogP contribution in [0.15, 0.2) is 22.7 Å². The van der Waals surface area contributed by atoms with Crippen molar-refractivity contribution in [1.82, 2.24) is 15.5 Å². The predicted octanol–water partition coefficient (Wildman–Crippen LogP) is 3.12. The number of hydrogen-bond acceptors (Lipinski definition) is 4. The maximum Gasteiger partial charge on any atom is 0.226 e. The van der Waals surface area contributed by atoms with Gasteiger partial charge in [-0.25, -0.2) is 4.39 Å². The number of aromatic nitrogens is 2. The number of halogens is 1. The minimum Gasteiger partial charge on any atom is -0.339 e. The first-order valence-corrected chi connectivity index (χ1v) is 7.52. The number of benzene rings is 1. The zero-order chi connectivity index (χ0) is 14.7. The number of hydrogen-bond donors (Lipinski definition) is 1. The van der Waals surface area contributed by atoms with Crippen LogP contribution >= 0.6 is 0 Å². The van der Waals surface area contributed by atoms with E-state index in [1.54, 1.807) is 6.07 Å². The average Bonchev–Trinajstić information content (AvgIpc) is 2.95. The molecule has 2 heterocycles. The van der Waals surface area contributed by atoms with Gasteiger partial charge in [0.25, 0.3) is 0 Å². The highest BCUT2D eigenvalue weighted by Crippen LogP contribution is 2.23. The number of aryl methyl sites for hydroxylation is 2. The van der Waals surface area contributed by atoms with Crippen molar-refractivity contribution in [1.29, 1.82) is 0 Å². The summed E-state index contributed by atoms with van der Waals surface area (Å²) in [6, 6.07) is 4.61. The molecule has 1 fully saturated rings. The van der Waals surface area contributed by atoms with Crippen LogP contribution in [0.4, 0.5) is 4.39 Å². The minimum atomic E-state index is -0.245. The average molecular weight is 289 g/mol. The molecule has 0 unspecified atom stereocenters. The third kappa shape index (κ3) is 3.47. The predicted molar refractivity (Wildman–Crippen MR) is 78.3 cm³/mol. The highest BCUT2D eigenvalue weighted by Gasteiger charge is 2.16. The molecule has 1 aromatic heterocycles. The molecule has 0 amide bonds. The van der Waals surface area contributed by atoms with Gasteiger partial charge in [-0.3, -0.25) is 0 Å². The van der Waals surface area contributed by atoms with Crippen molar-refractivity contribution in [2.45, 2.75) is 32.6 Å². The standard InChI is InChI=1S/C16H20FN3O/c1-11-10-13(17)3-4-14(11)16-19-15(21-20-16)5-2-12-6-8-18-9-7-12/h3-4,10,12,18H,2,5-9H2,1H3. The molecule has 1 N–H and O–H groups in total. The number of piperidine rings is 1. The normalized spacial score (nSPS) is 16.3. The van der Waals surface area contributed by atoms with Crippen molar-refractivity contribution in [3.05, 3.63) is 35.5 Å². The van der Waals surface area contributed by atoms with E-state index >= 15 is 0 Å². The number of rotatable bonds is 4. The summed E-state index contributed by atoms with van der Waals surface area (Å²) in [5, 5.41) is 7.39. The minimum absolute atomic E-state index is 0.245. The quantitative estimate of drug-likeness (QED) is 0.939. The van der Waals surface area contributed by atoms with E-state index in [0.29, 0.717) is 11.7 Å². The van der Waals surface area contributed by atoms with Crippen molar-refractivity contribution in [2.24, 2.45) is 5.92 Å². The Morgan fingerprint density at radius 2 is 2.14 bits per heavy atom. The monoisotopic (exact) mass is 289 g/mol. The molecule has 2 aromatic rings. The van der Waals surface area contributed by atoms with Crippen molar-refractivity contribution >= 4 is 0 Å². The Labute approximate surface area is 123 Å². The summed E-state index contributed by atoms with van der Waals surface area (Å²) in [7, 11) is 0. The molecular weight excluding hydrogens is 269 g/mol. The second-order valence-corrected chi connectivity index (χ2v) is 5.70. The van der Waals surface area contributed by atoms with E-state index in [0.717, 1.165) is 43.0 Å². The van der Waals surface area contributed by atoms with Crippen LogP contribution in [-0.4, -0.2) is 23.2 Å². The van der Waals surface area contributed by atoms with Gasteiger partial charge in [-0.2, -0.15) is 4.98 Å². The molecule has 0 spiro atoms. The van der Waals surface area contributed by atoms with Gasteiger partial charge >= 0.3 is 0 Å². The van der Waals surface area contributed by atoms with Crippen LogP contribution in [0.2, 0.25) is 0 Å². The van der Waals surface area contributed by atoms with Gasteiger partial charge < -0.3 is 9.84 Å². The Morgan fingerprint density at radius 3 is 2.90 bits per heavy atom. The third-order valence-electron chi connectivity index (χ3n) is 4.12. The van der Waals surface area contributed by atoms with E-state index in [1.807, 2.05) is 6.92 Å². The Morgan fingerprint density at radius 1 is 1.33 bits per heavy atom. The summed E-state index contributed by atoms with van der Waals surface area (Å²) in [4.78, 5) is 4.44. The zero-order valence-corrected chi connectivity index (χ0v) is 12.2. The van der Waals surface area contributed by atoms with E-state index in [2.05, 4.69) is 15.5 Å². The maximum absolute atomic E-state index is 13.1. The van der Waals surface area contributed by atoms with Crippen molar-refractivity contribution in [3.8, 4) is 11.4 Å². The number of nitrogens with zero attached hydrogens (tertiary/aromatic N) is 2. The second-order valence-electron chi connectivity index (χ2n) is 5.70. The van der Waals surface area contributed by atoms with E-state index in [-0.39, 0.29) is 5.82 Å². The lowest BCUT2D eigenvalue weighted by Gasteiger charge is -2.21. The van der Waals surface area contributed by atoms with Crippen molar-refractivity contribution < 1.29 is 8.91 Å². The molecule has 1 aliphatic rings. The summed E-state index contributed by atoms with van der Waals surface area (Å²) in [6.07, 6.45) is 4.35. The van der Waals surface area contributed by atoms with E-state index in [1.165, 1.54) is 25.0 Å². The Kier molecular flexibility index (Phi) is 4.29. The van der Waals surface area contributed by atoms with Crippen LogP contribution in [0.5, 0.6) is 0 Å². The molecule has 0 aliphatic carbocycles. The lowest BCUT2D eigenvalue weighted by molar-refractivity contribution is 0.324. The summed E-state index contributed by atoms with van der Waals surface area (Å²) in [5.74, 6) is 1.72. The van der Waals surface area contributed by atoms with Crippen LogP contribution in [0.1, 0.15) is 30.7 Å². The molecule has 0 saturated carbocycles. The van der Waals surface area contributed by atoms with Gasteiger partial charge in [-0.15, -0.1) is 0 Å². The fraction of sp³-hybridized carbons (Fsp3) is 0.500. The van der Waals surface area contributed by atoms with Gasteiger partial charge in [0.05, 0.1) is 0 Å². The van der Waals surface area contributed by atoms with Gasteiger partial charge in [0.15, 0.2) is 0 Å². The van der Waals surface area contributed by atoms with E-state index < -0.39 is 0 Å². The molecule has 1 aliphatic heterocycles. The van der Waals surface area contributed by atoms with Crippen molar-refractivity contribution in [2.75, 3.05) is 13.1 Å². The Balaban J connectivity index is 1.65. The van der Waals surface area contributed by atoms with Gasteiger partial charge in [0, 0.05) is 12.0 Å². The molecule has 0 bridgehead atoms. The van der Waals surface area contributed by atoms with Gasteiger partial charge in [0.1, 0.15) is 5.82 Å². The van der Waals surface area contributed by atoms with E-state index in [9.17, 15) is 4.39 Å². The lowest BCUT2D eigenvalue weighted by atomic mass is 9.93. The highest BCUT2D eigenvalue weighted by atomic mass is 19.1. The van der Waals surface area contributed by atoms with Crippen LogP contribution in [-0.2, 0) is 6.42 Å². The molecule has 1 aromatic carbocycles. The fourth-order valence-electron chi connectivity index (χ4n) is 2.84. The summed E-state index contributed by atoms with van der Waals surface area (Å²) in [6.45, 7) is 4.06. The smallest absolute Gasteiger partial charge is 0.226 e. The molecule has 21 heavy (non-hydrogen) atoms. The summed E-state index contributed by atoms with van der Waals surface area (Å²) < 4.78 is 18.5. The van der Waals surface area contributed by atoms with Gasteiger partial charge in [0.2, 0.25) is 11.7 Å². The molecule has 5 heteroatoms. The Bertz CT molecular complexity index is 605. The van der Waals surface area contributed by atoms with Crippen molar-refractivity contribution in [3.63, 3.8) is 0 Å². The summed E-state index contributed by atoms with van der Waals surface area (Å²) in [5.41, 5.74) is 1.65.